The molecule has 3 heterocycles. The van der Waals surface area contributed by atoms with Crippen molar-refractivity contribution in [3.63, 3.8) is 0 Å². The number of nitrogens with zero attached hydrogens (tertiary/aromatic N) is 6. The molecule has 0 aliphatic rings. The zero-order valence-electron chi connectivity index (χ0n) is 20.5. The highest BCUT2D eigenvalue weighted by Gasteiger charge is 2.33. The predicted molar refractivity (Wildman–Crippen MR) is 130 cm³/mol. The van der Waals surface area contributed by atoms with E-state index in [0.29, 0.717) is 11.1 Å². The molecule has 0 aliphatic heterocycles. The van der Waals surface area contributed by atoms with Gasteiger partial charge in [-0.2, -0.15) is 9.65 Å². The van der Waals surface area contributed by atoms with Crippen molar-refractivity contribution < 1.29 is 18.8 Å². The van der Waals surface area contributed by atoms with Crippen LogP contribution in [0.25, 0.3) is 0 Å². The van der Waals surface area contributed by atoms with Gasteiger partial charge < -0.3 is 14.9 Å². The normalized spacial score (nSPS) is 12.8. The number of hydrogen-bond donors (Lipinski definition) is 2. The predicted octanol–water partition coefficient (Wildman–Crippen LogP) is 3.45. The third kappa shape index (κ3) is 4.71. The lowest BCUT2D eigenvalue weighted by molar-refractivity contribution is 0.101. The quantitative estimate of drug-likeness (QED) is 0.387. The number of anilines is 1. The van der Waals surface area contributed by atoms with Crippen LogP contribution in [0.4, 0.5) is 10.1 Å². The Morgan fingerprint density at radius 2 is 1.97 bits per heavy atom. The Kier molecular flexibility index (Phi) is 6.88. The molecule has 37 heavy (non-hydrogen) atoms. The van der Waals surface area contributed by atoms with Gasteiger partial charge in [0.1, 0.15) is 17.8 Å². The van der Waals surface area contributed by atoms with Crippen LogP contribution in [0.2, 0.25) is 0 Å². The van der Waals surface area contributed by atoms with E-state index >= 15 is 4.39 Å². The van der Waals surface area contributed by atoms with Crippen molar-refractivity contribution in [1.82, 2.24) is 24.5 Å². The summed E-state index contributed by atoms with van der Waals surface area (Å²) in [4.78, 5) is 30.1. The molecule has 12 heteroatoms. The summed E-state index contributed by atoms with van der Waals surface area (Å²) >= 11 is 0. The smallest absolute Gasteiger partial charge is 0.296 e. The van der Waals surface area contributed by atoms with E-state index in [1.165, 1.54) is 24.2 Å². The number of benzene rings is 1. The maximum atomic E-state index is 15.3. The minimum Gasteiger partial charge on any atom is -0.501 e. The molecular formula is C25H24FN7O4. The number of rotatable bonds is 7. The Labute approximate surface area is 210 Å². The first-order chi connectivity index (χ1) is 17.6. The Morgan fingerprint density at radius 1 is 1.24 bits per heavy atom. The van der Waals surface area contributed by atoms with Crippen LogP contribution in [0.1, 0.15) is 71.7 Å². The number of amides is 1. The van der Waals surface area contributed by atoms with Gasteiger partial charge in [-0.3, -0.25) is 18.8 Å². The molecule has 0 radical (unpaired) electrons. The monoisotopic (exact) mass is 505 g/mol. The Balaban J connectivity index is 1.90. The standard InChI is InChI=1S/C25H24FN7O4/c1-13(2)33-11-18(22(26)31-33)19(17-8-6-5-7-15(17)9-27)14(3)23-30-20(21(34)25(36)32(23)4)24(35)29-16-10-28-37-12-16/h5-8,10-14,19,34H,1-4H3,(H,29,35)/t14-,19+/m0/s1. The molecule has 0 fully saturated rings. The van der Waals surface area contributed by atoms with E-state index in [1.807, 2.05) is 13.8 Å². The van der Waals surface area contributed by atoms with Crippen LogP contribution in [0.15, 0.2) is 52.2 Å². The molecule has 4 aromatic rings. The van der Waals surface area contributed by atoms with Gasteiger partial charge in [0.05, 0.1) is 17.8 Å². The highest BCUT2D eigenvalue weighted by Crippen LogP contribution is 2.40. The number of hydrogen-bond acceptors (Lipinski definition) is 8. The number of aromatic nitrogens is 5. The molecule has 1 amide bonds. The van der Waals surface area contributed by atoms with Crippen molar-refractivity contribution in [2.45, 2.75) is 38.6 Å². The largest absolute Gasteiger partial charge is 0.501 e. The van der Waals surface area contributed by atoms with Crippen molar-refractivity contribution >= 4 is 11.6 Å². The van der Waals surface area contributed by atoms with E-state index in [4.69, 9.17) is 0 Å². The fraction of sp³-hybridized carbons (Fsp3) is 0.280. The van der Waals surface area contributed by atoms with Gasteiger partial charge in [0.25, 0.3) is 11.5 Å². The minimum absolute atomic E-state index is 0.0905. The molecule has 2 atom stereocenters. The van der Waals surface area contributed by atoms with E-state index in [2.05, 4.69) is 31.1 Å². The Morgan fingerprint density at radius 3 is 2.59 bits per heavy atom. The van der Waals surface area contributed by atoms with E-state index in [-0.39, 0.29) is 23.1 Å². The zero-order valence-corrected chi connectivity index (χ0v) is 20.5. The molecule has 4 rings (SSSR count). The lowest BCUT2D eigenvalue weighted by atomic mass is 9.80. The SMILES string of the molecule is CC(C)n1cc([C@@H](c2ccccc2C#N)[C@H](C)c2nc(C(=O)Nc3cnoc3)c(O)c(=O)n2C)c(F)n1. The fourth-order valence-corrected chi connectivity index (χ4v) is 4.21. The van der Waals surface area contributed by atoms with E-state index < -0.39 is 40.7 Å². The first kappa shape index (κ1) is 25.3. The molecule has 0 unspecified atom stereocenters. The second kappa shape index (κ2) is 10.1. The average Bonchev–Trinajstić information content (AvgIpc) is 3.53. The molecule has 1 aromatic carbocycles. The van der Waals surface area contributed by atoms with Crippen LogP contribution in [0.5, 0.6) is 5.75 Å². The van der Waals surface area contributed by atoms with Crippen LogP contribution in [-0.2, 0) is 7.05 Å². The second-order valence-electron chi connectivity index (χ2n) is 8.81. The first-order valence-electron chi connectivity index (χ1n) is 11.4. The van der Waals surface area contributed by atoms with Crippen LogP contribution >= 0.6 is 0 Å². The fourth-order valence-electron chi connectivity index (χ4n) is 4.21. The highest BCUT2D eigenvalue weighted by atomic mass is 19.1. The molecule has 0 bridgehead atoms. The number of carbonyl (C=O) groups is 1. The average molecular weight is 506 g/mol. The molecule has 190 valence electrons. The van der Waals surface area contributed by atoms with Crippen LogP contribution in [0.3, 0.4) is 0 Å². The van der Waals surface area contributed by atoms with E-state index in [0.717, 1.165) is 4.57 Å². The second-order valence-corrected chi connectivity index (χ2v) is 8.81. The van der Waals surface area contributed by atoms with Crippen molar-refractivity contribution in [3.05, 3.63) is 87.4 Å². The highest BCUT2D eigenvalue weighted by molar-refractivity contribution is 6.04. The summed E-state index contributed by atoms with van der Waals surface area (Å²) in [5, 5.41) is 30.1. The summed E-state index contributed by atoms with van der Waals surface area (Å²) in [6.07, 6.45) is 3.97. The molecule has 2 N–H and O–H groups in total. The summed E-state index contributed by atoms with van der Waals surface area (Å²) in [5.74, 6) is -3.89. The maximum absolute atomic E-state index is 15.3. The minimum atomic E-state index is -0.863. The number of halogens is 1. The van der Waals surface area contributed by atoms with Gasteiger partial charge in [-0.25, -0.2) is 4.98 Å². The number of nitrogens with one attached hydrogen (secondary N) is 1. The summed E-state index contributed by atoms with van der Waals surface area (Å²) in [7, 11) is 1.39. The van der Waals surface area contributed by atoms with Crippen LogP contribution in [0, 0.1) is 17.3 Å². The van der Waals surface area contributed by atoms with Crippen molar-refractivity contribution in [2.75, 3.05) is 5.32 Å². The summed E-state index contributed by atoms with van der Waals surface area (Å²) in [5.41, 5.74) is -0.176. The lowest BCUT2D eigenvalue weighted by Gasteiger charge is -2.26. The third-order valence-electron chi connectivity index (χ3n) is 6.11. The summed E-state index contributed by atoms with van der Waals surface area (Å²) < 4.78 is 22.5. The maximum Gasteiger partial charge on any atom is 0.296 e. The number of aromatic hydroxyl groups is 1. The molecular weight excluding hydrogens is 481 g/mol. The topological polar surface area (TPSA) is 152 Å². The van der Waals surface area contributed by atoms with Crippen molar-refractivity contribution in [2.24, 2.45) is 7.05 Å². The van der Waals surface area contributed by atoms with E-state index in [9.17, 15) is 20.0 Å². The molecule has 11 nitrogen and oxygen atoms in total. The summed E-state index contributed by atoms with van der Waals surface area (Å²) in [6.45, 7) is 5.40. The van der Waals surface area contributed by atoms with Gasteiger partial charge in [-0.05, 0) is 25.5 Å². The Hall–Kier alpha value is -4.79. The Bertz CT molecular complexity index is 1550. The molecule has 3 aromatic heterocycles. The van der Waals surface area contributed by atoms with Gasteiger partial charge in [0, 0.05) is 36.7 Å². The number of nitriles is 1. The van der Waals surface area contributed by atoms with Gasteiger partial charge in [0.15, 0.2) is 5.69 Å². The molecule has 0 aliphatic carbocycles. The van der Waals surface area contributed by atoms with E-state index in [1.54, 1.807) is 37.4 Å². The lowest BCUT2D eigenvalue weighted by Crippen LogP contribution is -2.29. The van der Waals surface area contributed by atoms with Crippen molar-refractivity contribution in [1.29, 1.82) is 5.26 Å². The molecule has 0 saturated heterocycles. The molecule has 0 spiro atoms. The molecule has 0 saturated carbocycles. The van der Waals surface area contributed by atoms with Gasteiger partial charge >= 0.3 is 0 Å². The van der Waals surface area contributed by atoms with Gasteiger partial charge in [0.2, 0.25) is 11.7 Å². The third-order valence-corrected chi connectivity index (χ3v) is 6.11. The summed E-state index contributed by atoms with van der Waals surface area (Å²) in [6, 6.07) is 8.73. The zero-order chi connectivity index (χ0) is 26.9. The van der Waals surface area contributed by atoms with Crippen LogP contribution in [-0.4, -0.2) is 35.5 Å². The van der Waals surface area contributed by atoms with Crippen LogP contribution < -0.4 is 10.9 Å². The number of carbonyl (C=O) groups excluding carboxylic acids is 1. The first-order valence-corrected chi connectivity index (χ1v) is 11.4. The van der Waals surface area contributed by atoms with Crippen molar-refractivity contribution in [3.8, 4) is 11.8 Å². The van der Waals surface area contributed by atoms with Gasteiger partial charge in [-0.15, -0.1) is 5.10 Å². The van der Waals surface area contributed by atoms with Gasteiger partial charge in [-0.1, -0.05) is 30.3 Å².